The lowest BCUT2D eigenvalue weighted by Crippen LogP contribution is -2.08. The number of rotatable bonds is 2. The second kappa shape index (κ2) is 5.03. The maximum Gasteiger partial charge on any atom is 0.419 e. The van der Waals surface area contributed by atoms with Crippen molar-refractivity contribution in [2.75, 3.05) is 7.11 Å². The van der Waals surface area contributed by atoms with E-state index in [0.29, 0.717) is 5.56 Å². The van der Waals surface area contributed by atoms with Crippen molar-refractivity contribution in [1.82, 2.24) is 0 Å². The van der Waals surface area contributed by atoms with Gasteiger partial charge in [0.05, 0.1) is 12.7 Å². The van der Waals surface area contributed by atoms with Crippen molar-refractivity contribution in [1.29, 1.82) is 0 Å². The number of alkyl halides is 3. The minimum absolute atomic E-state index is 0.125. The van der Waals surface area contributed by atoms with Crippen LogP contribution < -0.4 is 4.74 Å². The molecule has 20 heavy (non-hydrogen) atoms. The van der Waals surface area contributed by atoms with Gasteiger partial charge >= 0.3 is 6.18 Å². The Morgan fingerprint density at radius 1 is 1.00 bits per heavy atom. The van der Waals surface area contributed by atoms with Gasteiger partial charge in [-0.2, -0.15) is 13.2 Å². The summed E-state index contributed by atoms with van der Waals surface area (Å²) in [7, 11) is 1.32. The highest BCUT2D eigenvalue weighted by Gasteiger charge is 2.34. The molecular formula is C14H10F4O2. The molecule has 2 aromatic carbocycles. The average Bonchev–Trinajstić information content (AvgIpc) is 2.38. The molecule has 106 valence electrons. The van der Waals surface area contributed by atoms with Gasteiger partial charge in [0.1, 0.15) is 5.82 Å². The molecular weight excluding hydrogens is 276 g/mol. The Balaban J connectivity index is 2.54. The highest BCUT2D eigenvalue weighted by Crippen LogP contribution is 2.36. The number of hydrogen-bond donors (Lipinski definition) is 1. The molecule has 2 nitrogen and oxygen atoms in total. The molecule has 0 aliphatic carbocycles. The number of phenols is 1. The number of methoxy groups -OCH3 is 1. The van der Waals surface area contributed by atoms with Gasteiger partial charge in [0.25, 0.3) is 0 Å². The van der Waals surface area contributed by atoms with E-state index < -0.39 is 17.6 Å². The number of hydrogen-bond acceptors (Lipinski definition) is 2. The smallest absolute Gasteiger partial charge is 0.419 e. The standard InChI is InChI=1S/C14H10F4O2/c1-20-13-7-9(3-5-12(13)19)8-2-4-11(15)10(6-8)14(16,17)18/h2-7,19H,1H3. The normalized spacial score (nSPS) is 11.4. The highest BCUT2D eigenvalue weighted by atomic mass is 19.4. The number of benzene rings is 2. The van der Waals surface area contributed by atoms with E-state index in [-0.39, 0.29) is 17.1 Å². The van der Waals surface area contributed by atoms with Crippen LogP contribution in [-0.4, -0.2) is 12.2 Å². The van der Waals surface area contributed by atoms with Crippen molar-refractivity contribution in [2.45, 2.75) is 6.18 Å². The van der Waals surface area contributed by atoms with Gasteiger partial charge < -0.3 is 9.84 Å². The molecule has 0 saturated heterocycles. The van der Waals surface area contributed by atoms with Crippen molar-refractivity contribution in [3.8, 4) is 22.6 Å². The van der Waals surface area contributed by atoms with Gasteiger partial charge in [0.15, 0.2) is 11.5 Å². The summed E-state index contributed by atoms with van der Waals surface area (Å²) < 4.78 is 56.0. The molecule has 0 atom stereocenters. The van der Waals surface area contributed by atoms with Crippen LogP contribution in [0.15, 0.2) is 36.4 Å². The molecule has 0 fully saturated rings. The zero-order valence-electron chi connectivity index (χ0n) is 10.3. The van der Waals surface area contributed by atoms with Crippen LogP contribution in [0.4, 0.5) is 17.6 Å². The minimum Gasteiger partial charge on any atom is -0.504 e. The molecule has 6 heteroatoms. The molecule has 0 aliphatic rings. The number of aromatic hydroxyl groups is 1. The topological polar surface area (TPSA) is 29.5 Å². The van der Waals surface area contributed by atoms with Crippen LogP contribution in [0.2, 0.25) is 0 Å². The predicted molar refractivity (Wildman–Crippen MR) is 65.1 cm³/mol. The third-order valence-electron chi connectivity index (χ3n) is 2.78. The second-order valence-electron chi connectivity index (χ2n) is 4.08. The van der Waals surface area contributed by atoms with Gasteiger partial charge in [0, 0.05) is 0 Å². The van der Waals surface area contributed by atoms with Crippen LogP contribution in [-0.2, 0) is 6.18 Å². The molecule has 0 spiro atoms. The third-order valence-corrected chi connectivity index (χ3v) is 2.78. The number of halogens is 4. The molecule has 2 aromatic rings. The second-order valence-corrected chi connectivity index (χ2v) is 4.08. The van der Waals surface area contributed by atoms with E-state index in [9.17, 15) is 22.7 Å². The van der Waals surface area contributed by atoms with Gasteiger partial charge in [-0.25, -0.2) is 4.39 Å². The molecule has 2 rings (SSSR count). The molecule has 0 radical (unpaired) electrons. The minimum atomic E-state index is -4.76. The maximum atomic E-state index is 13.2. The fourth-order valence-electron chi connectivity index (χ4n) is 1.78. The van der Waals surface area contributed by atoms with Crippen molar-refractivity contribution in [3.63, 3.8) is 0 Å². The highest BCUT2D eigenvalue weighted by molar-refractivity contribution is 5.67. The monoisotopic (exact) mass is 286 g/mol. The molecule has 0 amide bonds. The Morgan fingerprint density at radius 3 is 2.20 bits per heavy atom. The van der Waals surface area contributed by atoms with Gasteiger partial charge in [0.2, 0.25) is 0 Å². The lowest BCUT2D eigenvalue weighted by atomic mass is 10.0. The number of ether oxygens (including phenoxy) is 1. The third kappa shape index (κ3) is 2.68. The predicted octanol–water partition coefficient (Wildman–Crippen LogP) is 4.23. The zero-order valence-corrected chi connectivity index (χ0v) is 10.3. The van der Waals surface area contributed by atoms with Crippen LogP contribution in [0.1, 0.15) is 5.56 Å². The van der Waals surface area contributed by atoms with E-state index in [2.05, 4.69) is 0 Å². The summed E-state index contributed by atoms with van der Waals surface area (Å²) in [5.41, 5.74) is -0.774. The molecule has 1 N–H and O–H groups in total. The first-order valence-electron chi connectivity index (χ1n) is 5.57. The summed E-state index contributed by atoms with van der Waals surface area (Å²) in [6.45, 7) is 0. The van der Waals surface area contributed by atoms with Gasteiger partial charge in [-0.05, 0) is 35.4 Å². The van der Waals surface area contributed by atoms with Crippen molar-refractivity contribution in [2.24, 2.45) is 0 Å². The Hall–Kier alpha value is -2.24. The van der Waals surface area contributed by atoms with Crippen LogP contribution in [0, 0.1) is 5.82 Å². The van der Waals surface area contributed by atoms with Crippen molar-refractivity contribution >= 4 is 0 Å². The molecule has 0 heterocycles. The summed E-state index contributed by atoms with van der Waals surface area (Å²) in [4.78, 5) is 0. The molecule has 0 saturated carbocycles. The van der Waals surface area contributed by atoms with E-state index in [1.165, 1.54) is 31.4 Å². The zero-order chi connectivity index (χ0) is 14.9. The van der Waals surface area contributed by atoms with E-state index >= 15 is 0 Å². The van der Waals surface area contributed by atoms with Gasteiger partial charge in [-0.15, -0.1) is 0 Å². The Morgan fingerprint density at radius 2 is 1.60 bits per heavy atom. The van der Waals surface area contributed by atoms with Crippen molar-refractivity contribution in [3.05, 3.63) is 47.8 Å². The maximum absolute atomic E-state index is 13.2. The van der Waals surface area contributed by atoms with E-state index in [0.717, 1.165) is 12.1 Å². The first-order chi connectivity index (χ1) is 9.32. The SMILES string of the molecule is COc1cc(-c2ccc(F)c(C(F)(F)F)c2)ccc1O. The Bertz CT molecular complexity index is 636. The van der Waals surface area contributed by atoms with Crippen LogP contribution >= 0.6 is 0 Å². The van der Waals surface area contributed by atoms with Gasteiger partial charge in [-0.1, -0.05) is 12.1 Å². The fraction of sp³-hybridized carbons (Fsp3) is 0.143. The lowest BCUT2D eigenvalue weighted by Gasteiger charge is -2.11. The van der Waals surface area contributed by atoms with Crippen LogP contribution in [0.25, 0.3) is 11.1 Å². The first-order valence-corrected chi connectivity index (χ1v) is 5.57. The van der Waals surface area contributed by atoms with E-state index in [1.54, 1.807) is 0 Å². The largest absolute Gasteiger partial charge is 0.504 e. The summed E-state index contributed by atoms with van der Waals surface area (Å²) in [5.74, 6) is -1.33. The molecule has 0 aromatic heterocycles. The summed E-state index contributed by atoms with van der Waals surface area (Å²) >= 11 is 0. The summed E-state index contributed by atoms with van der Waals surface area (Å²) in [6, 6.07) is 6.81. The first kappa shape index (κ1) is 14.2. The number of phenolic OH excluding ortho intramolecular Hbond substituents is 1. The molecule has 0 aliphatic heterocycles. The summed E-state index contributed by atoms with van der Waals surface area (Å²) in [5, 5.41) is 9.44. The fourth-order valence-corrected chi connectivity index (χ4v) is 1.78. The van der Waals surface area contributed by atoms with Crippen LogP contribution in [0.3, 0.4) is 0 Å². The van der Waals surface area contributed by atoms with Gasteiger partial charge in [-0.3, -0.25) is 0 Å². The lowest BCUT2D eigenvalue weighted by molar-refractivity contribution is -0.139. The van der Waals surface area contributed by atoms with E-state index in [1.807, 2.05) is 0 Å². The average molecular weight is 286 g/mol. The molecule has 0 unspecified atom stereocenters. The van der Waals surface area contributed by atoms with Crippen LogP contribution in [0.5, 0.6) is 11.5 Å². The van der Waals surface area contributed by atoms with Crippen molar-refractivity contribution < 1.29 is 27.4 Å². The summed E-state index contributed by atoms with van der Waals surface area (Å²) in [6.07, 6.45) is -4.76. The quantitative estimate of drug-likeness (QED) is 0.837. The van der Waals surface area contributed by atoms with E-state index in [4.69, 9.17) is 4.74 Å². The Labute approximate surface area is 112 Å². The molecule has 0 bridgehead atoms. The Kier molecular flexibility index (Phi) is 3.57.